The van der Waals surface area contributed by atoms with Gasteiger partial charge in [0.05, 0.1) is 12.1 Å². The summed E-state index contributed by atoms with van der Waals surface area (Å²) < 4.78 is 0. The molecular formula is C34H49N3O6. The average molecular weight is 596 g/mol. The van der Waals surface area contributed by atoms with Crippen LogP contribution in [0.1, 0.15) is 98.4 Å². The fraction of sp³-hybridized carbons (Fsp3) is 0.529. The second-order valence-corrected chi connectivity index (χ2v) is 11.0. The summed E-state index contributed by atoms with van der Waals surface area (Å²) >= 11 is 0. The van der Waals surface area contributed by atoms with E-state index in [2.05, 4.69) is 10.6 Å². The average Bonchev–Trinajstić information content (AvgIpc) is 3.00. The van der Waals surface area contributed by atoms with Gasteiger partial charge in [-0.2, -0.15) is 0 Å². The molecule has 3 amide bonds. The number of carboxylic acids is 1. The lowest BCUT2D eigenvalue weighted by Crippen LogP contribution is -2.46. The summed E-state index contributed by atoms with van der Waals surface area (Å²) in [7, 11) is 0. The first-order chi connectivity index (χ1) is 20.7. The van der Waals surface area contributed by atoms with E-state index in [1.165, 1.54) is 0 Å². The van der Waals surface area contributed by atoms with E-state index in [1.54, 1.807) is 29.2 Å². The molecule has 0 aromatic heterocycles. The molecule has 2 aromatic rings. The van der Waals surface area contributed by atoms with E-state index in [4.69, 9.17) is 5.11 Å². The van der Waals surface area contributed by atoms with Crippen molar-refractivity contribution in [2.75, 3.05) is 19.6 Å². The third-order valence-electron chi connectivity index (χ3n) is 7.48. The lowest BCUT2D eigenvalue weighted by Gasteiger charge is -2.27. The summed E-state index contributed by atoms with van der Waals surface area (Å²) in [4.78, 5) is 51.9. The Bertz CT molecular complexity index is 1150. The summed E-state index contributed by atoms with van der Waals surface area (Å²) in [5.41, 5.74) is 1.71. The predicted molar refractivity (Wildman–Crippen MR) is 168 cm³/mol. The van der Waals surface area contributed by atoms with Crippen molar-refractivity contribution in [1.82, 2.24) is 15.5 Å². The Morgan fingerprint density at radius 3 is 2.16 bits per heavy atom. The maximum Gasteiger partial charge on any atom is 0.303 e. The SMILES string of the molecule is CCCN(CCC)C(=O)c1cccc(C(=O)NC(Cc2ccccc2)C(O)CC(CC)C(=O)NCCCCCC(=O)O)c1. The number of carbonyl (C=O) groups is 4. The van der Waals surface area contributed by atoms with E-state index in [0.717, 1.165) is 18.4 Å². The van der Waals surface area contributed by atoms with Gasteiger partial charge in [0.15, 0.2) is 0 Å². The molecule has 0 saturated carbocycles. The third-order valence-corrected chi connectivity index (χ3v) is 7.48. The van der Waals surface area contributed by atoms with Crippen molar-refractivity contribution < 1.29 is 29.4 Å². The van der Waals surface area contributed by atoms with Crippen LogP contribution in [0.4, 0.5) is 0 Å². The quantitative estimate of drug-likeness (QED) is 0.162. The number of aliphatic hydroxyl groups excluding tert-OH is 1. The molecule has 0 heterocycles. The van der Waals surface area contributed by atoms with Crippen molar-refractivity contribution in [2.45, 2.75) is 90.7 Å². The van der Waals surface area contributed by atoms with Crippen LogP contribution in [0.2, 0.25) is 0 Å². The van der Waals surface area contributed by atoms with Crippen LogP contribution in [0.5, 0.6) is 0 Å². The highest BCUT2D eigenvalue weighted by atomic mass is 16.4. The van der Waals surface area contributed by atoms with E-state index in [1.807, 2.05) is 51.1 Å². The molecule has 236 valence electrons. The van der Waals surface area contributed by atoms with Crippen molar-refractivity contribution in [3.05, 3.63) is 71.3 Å². The monoisotopic (exact) mass is 595 g/mol. The third kappa shape index (κ3) is 12.6. The number of nitrogens with one attached hydrogen (secondary N) is 2. The van der Waals surface area contributed by atoms with Crippen LogP contribution in [-0.4, -0.2) is 70.6 Å². The number of benzene rings is 2. The van der Waals surface area contributed by atoms with Gasteiger partial charge in [0, 0.05) is 43.1 Å². The number of rotatable bonds is 20. The molecule has 0 aliphatic carbocycles. The Labute approximate surface area is 256 Å². The smallest absolute Gasteiger partial charge is 0.303 e. The Balaban J connectivity index is 2.12. The molecule has 4 N–H and O–H groups in total. The van der Waals surface area contributed by atoms with Gasteiger partial charge in [-0.3, -0.25) is 19.2 Å². The largest absolute Gasteiger partial charge is 0.481 e. The normalized spacial score (nSPS) is 13.0. The highest BCUT2D eigenvalue weighted by Crippen LogP contribution is 2.18. The molecule has 9 nitrogen and oxygen atoms in total. The lowest BCUT2D eigenvalue weighted by molar-refractivity contribution is -0.137. The van der Waals surface area contributed by atoms with E-state index in [0.29, 0.717) is 62.9 Å². The Morgan fingerprint density at radius 1 is 0.860 bits per heavy atom. The minimum Gasteiger partial charge on any atom is -0.481 e. The minimum atomic E-state index is -0.996. The zero-order valence-corrected chi connectivity index (χ0v) is 25.9. The highest BCUT2D eigenvalue weighted by molar-refractivity contribution is 5.99. The van der Waals surface area contributed by atoms with Crippen LogP contribution in [0, 0.1) is 5.92 Å². The van der Waals surface area contributed by atoms with E-state index in [-0.39, 0.29) is 24.7 Å². The number of nitrogens with zero attached hydrogens (tertiary/aromatic N) is 1. The summed E-state index contributed by atoms with van der Waals surface area (Å²) in [6.45, 7) is 7.66. The van der Waals surface area contributed by atoms with Gasteiger partial charge in [-0.1, -0.05) is 63.6 Å². The van der Waals surface area contributed by atoms with E-state index < -0.39 is 29.9 Å². The van der Waals surface area contributed by atoms with Crippen LogP contribution >= 0.6 is 0 Å². The summed E-state index contributed by atoms with van der Waals surface area (Å²) in [6, 6.07) is 15.5. The molecule has 0 aliphatic rings. The molecule has 0 spiro atoms. The van der Waals surface area contributed by atoms with Gasteiger partial charge in [-0.15, -0.1) is 0 Å². The zero-order chi connectivity index (χ0) is 31.6. The number of hydrogen-bond acceptors (Lipinski definition) is 5. The molecular weight excluding hydrogens is 546 g/mol. The Kier molecular flexibility index (Phi) is 16.1. The number of carboxylic acid groups (broad SMARTS) is 1. The summed E-state index contributed by atoms with van der Waals surface area (Å²) in [5.74, 6) is -1.95. The second kappa shape index (κ2) is 19.5. The maximum absolute atomic E-state index is 13.4. The van der Waals surface area contributed by atoms with Crippen LogP contribution < -0.4 is 10.6 Å². The molecule has 3 atom stereocenters. The number of unbranched alkanes of at least 4 members (excludes halogenated alkanes) is 2. The lowest BCUT2D eigenvalue weighted by atomic mass is 9.91. The molecule has 3 unspecified atom stereocenters. The van der Waals surface area contributed by atoms with Crippen LogP contribution in [0.25, 0.3) is 0 Å². The van der Waals surface area contributed by atoms with Crippen molar-refractivity contribution in [2.24, 2.45) is 5.92 Å². The number of hydrogen-bond donors (Lipinski definition) is 4. The van der Waals surface area contributed by atoms with E-state index in [9.17, 15) is 24.3 Å². The van der Waals surface area contributed by atoms with Crippen molar-refractivity contribution in [1.29, 1.82) is 0 Å². The summed E-state index contributed by atoms with van der Waals surface area (Å²) in [6.07, 6.45) is 3.81. The highest BCUT2D eigenvalue weighted by Gasteiger charge is 2.28. The zero-order valence-electron chi connectivity index (χ0n) is 25.9. The molecule has 0 radical (unpaired) electrons. The molecule has 0 saturated heterocycles. The first-order valence-corrected chi connectivity index (χ1v) is 15.6. The second-order valence-electron chi connectivity index (χ2n) is 11.0. The summed E-state index contributed by atoms with van der Waals surface area (Å²) in [5, 5.41) is 26.0. The van der Waals surface area contributed by atoms with Gasteiger partial charge >= 0.3 is 5.97 Å². The van der Waals surface area contributed by atoms with Gasteiger partial charge in [-0.25, -0.2) is 0 Å². The van der Waals surface area contributed by atoms with Gasteiger partial charge in [0.1, 0.15) is 0 Å². The molecule has 9 heteroatoms. The first kappa shape index (κ1) is 35.5. The number of carbonyl (C=O) groups excluding carboxylic acids is 3. The van der Waals surface area contributed by atoms with Crippen molar-refractivity contribution in [3.63, 3.8) is 0 Å². The number of aliphatic hydroxyl groups is 1. The molecule has 2 aromatic carbocycles. The van der Waals surface area contributed by atoms with Crippen LogP contribution in [0.3, 0.4) is 0 Å². The predicted octanol–water partition coefficient (Wildman–Crippen LogP) is 4.83. The van der Waals surface area contributed by atoms with Gasteiger partial charge in [0.2, 0.25) is 5.91 Å². The molecule has 0 aliphatic heterocycles. The van der Waals surface area contributed by atoms with Gasteiger partial charge in [0.25, 0.3) is 11.8 Å². The first-order valence-electron chi connectivity index (χ1n) is 15.6. The fourth-order valence-electron chi connectivity index (χ4n) is 5.08. The van der Waals surface area contributed by atoms with Crippen molar-refractivity contribution in [3.8, 4) is 0 Å². The Hall–Kier alpha value is -3.72. The number of amides is 3. The molecule has 2 rings (SSSR count). The minimum absolute atomic E-state index is 0.113. The van der Waals surface area contributed by atoms with E-state index >= 15 is 0 Å². The molecule has 0 fully saturated rings. The fourth-order valence-corrected chi connectivity index (χ4v) is 5.08. The molecule has 0 bridgehead atoms. The maximum atomic E-state index is 13.4. The van der Waals surface area contributed by atoms with Crippen molar-refractivity contribution >= 4 is 23.7 Å². The van der Waals surface area contributed by atoms with Crippen LogP contribution in [-0.2, 0) is 16.0 Å². The van der Waals surface area contributed by atoms with Gasteiger partial charge < -0.3 is 25.7 Å². The topological polar surface area (TPSA) is 136 Å². The Morgan fingerprint density at radius 2 is 1.53 bits per heavy atom. The van der Waals surface area contributed by atoms with Crippen LogP contribution in [0.15, 0.2) is 54.6 Å². The number of aliphatic carboxylic acids is 1. The standard InChI is InChI=1S/C34H49N3O6/c1-4-20-37(21-5-2)34(43)28-17-13-16-27(23-28)33(42)36-29(22-25-14-9-7-10-15-25)30(38)24-26(6-3)32(41)35-19-12-8-11-18-31(39)40/h7,9-10,13-17,23,26,29-30,38H,4-6,8,11-12,18-22,24H2,1-3H3,(H,35,41)(H,36,42)(H,39,40). The van der Waals surface area contributed by atoms with Gasteiger partial charge in [-0.05, 0) is 68.7 Å². The molecule has 43 heavy (non-hydrogen) atoms.